The summed E-state index contributed by atoms with van der Waals surface area (Å²) in [7, 11) is 0. The lowest BCUT2D eigenvalue weighted by Gasteiger charge is -2.02. The van der Waals surface area contributed by atoms with E-state index in [0.29, 0.717) is 18.3 Å². The molecule has 0 unspecified atom stereocenters. The second kappa shape index (κ2) is 5.30. The summed E-state index contributed by atoms with van der Waals surface area (Å²) >= 11 is 7.23. The number of benzene rings is 1. The largest absolute Gasteiger partial charge is 0.375 e. The number of aromatic nitrogens is 1. The van der Waals surface area contributed by atoms with Crippen LogP contribution in [0.25, 0.3) is 0 Å². The second-order valence-corrected chi connectivity index (χ2v) is 4.87. The lowest BCUT2D eigenvalue weighted by Crippen LogP contribution is -1.91. The molecule has 16 heavy (non-hydrogen) atoms. The first-order valence-electron chi connectivity index (χ1n) is 4.76. The van der Waals surface area contributed by atoms with Crippen molar-refractivity contribution >= 4 is 28.1 Å². The van der Waals surface area contributed by atoms with Gasteiger partial charge in [-0.25, -0.2) is 4.98 Å². The lowest BCUT2D eigenvalue weighted by molar-refractivity contribution is 0.109. The third-order valence-electron chi connectivity index (χ3n) is 2.00. The number of halogens is 1. The molecule has 0 fully saturated rings. The molecule has 1 heterocycles. The third kappa shape index (κ3) is 3.20. The average Bonchev–Trinajstić information content (AvgIpc) is 2.67. The molecule has 0 bridgehead atoms. The van der Waals surface area contributed by atoms with Crippen molar-refractivity contribution in [1.82, 2.24) is 4.98 Å². The molecule has 2 rings (SSSR count). The van der Waals surface area contributed by atoms with E-state index in [1.54, 1.807) is 6.20 Å². The van der Waals surface area contributed by atoms with Crippen LogP contribution in [0.5, 0.6) is 0 Å². The number of nitrogens with zero attached hydrogens (tertiary/aromatic N) is 1. The fraction of sp³-hybridized carbons (Fsp3) is 0.182. The van der Waals surface area contributed by atoms with Crippen LogP contribution in [-0.2, 0) is 18.0 Å². The van der Waals surface area contributed by atoms with Crippen molar-refractivity contribution < 1.29 is 4.74 Å². The highest BCUT2D eigenvalue weighted by molar-refractivity contribution is 7.15. The number of nitrogen functional groups attached to an aromatic ring is 1. The molecule has 0 amide bonds. The Morgan fingerprint density at radius 3 is 2.62 bits per heavy atom. The number of thiazole rings is 1. The Balaban J connectivity index is 1.82. The molecule has 2 aromatic rings. The molecule has 0 saturated carbocycles. The Morgan fingerprint density at radius 1 is 1.25 bits per heavy atom. The van der Waals surface area contributed by atoms with Crippen LogP contribution in [0.2, 0.25) is 5.02 Å². The van der Waals surface area contributed by atoms with Crippen LogP contribution in [0.3, 0.4) is 0 Å². The van der Waals surface area contributed by atoms with E-state index in [4.69, 9.17) is 22.1 Å². The van der Waals surface area contributed by atoms with Crippen LogP contribution in [0.1, 0.15) is 10.4 Å². The minimum absolute atomic E-state index is 0.539. The quantitative estimate of drug-likeness (QED) is 0.912. The van der Waals surface area contributed by atoms with Gasteiger partial charge in [-0.3, -0.25) is 0 Å². The van der Waals surface area contributed by atoms with Gasteiger partial charge in [0.25, 0.3) is 0 Å². The lowest BCUT2D eigenvalue weighted by atomic mass is 10.2. The minimum atomic E-state index is 0.539. The Bertz CT molecular complexity index is 455. The summed E-state index contributed by atoms with van der Waals surface area (Å²) in [4.78, 5) is 4.99. The highest BCUT2D eigenvalue weighted by Gasteiger charge is 1.99. The van der Waals surface area contributed by atoms with Crippen molar-refractivity contribution in [2.24, 2.45) is 0 Å². The fourth-order valence-corrected chi connectivity index (χ4v) is 1.99. The molecule has 5 heteroatoms. The summed E-state index contributed by atoms with van der Waals surface area (Å²) in [6.45, 7) is 1.10. The fourth-order valence-electron chi connectivity index (χ4n) is 1.24. The molecule has 0 aliphatic heterocycles. The molecular formula is C11H11ClN2OS. The molecule has 2 N–H and O–H groups in total. The molecule has 3 nitrogen and oxygen atoms in total. The highest BCUT2D eigenvalue weighted by atomic mass is 35.5. The monoisotopic (exact) mass is 254 g/mol. The number of nitrogens with two attached hydrogens (primary N) is 1. The zero-order valence-electron chi connectivity index (χ0n) is 8.52. The maximum Gasteiger partial charge on any atom is 0.180 e. The van der Waals surface area contributed by atoms with Gasteiger partial charge in [-0.15, -0.1) is 0 Å². The molecule has 1 aromatic carbocycles. The van der Waals surface area contributed by atoms with E-state index in [1.165, 1.54) is 11.3 Å². The van der Waals surface area contributed by atoms with E-state index >= 15 is 0 Å². The number of anilines is 1. The van der Waals surface area contributed by atoms with E-state index in [2.05, 4.69) is 4.98 Å². The van der Waals surface area contributed by atoms with Gasteiger partial charge in [0, 0.05) is 11.2 Å². The molecule has 0 atom stereocenters. The first kappa shape index (κ1) is 11.4. The van der Waals surface area contributed by atoms with Crippen molar-refractivity contribution in [3.63, 3.8) is 0 Å². The summed E-state index contributed by atoms with van der Waals surface area (Å²) < 4.78 is 5.53. The number of hydrogen-bond acceptors (Lipinski definition) is 4. The summed E-state index contributed by atoms with van der Waals surface area (Å²) in [6, 6.07) is 7.60. The molecule has 1 aromatic heterocycles. The van der Waals surface area contributed by atoms with Gasteiger partial charge in [-0.1, -0.05) is 35.1 Å². The summed E-state index contributed by atoms with van der Waals surface area (Å²) in [5.74, 6) is 0. The Labute approximate surface area is 103 Å². The molecule has 84 valence electrons. The van der Waals surface area contributed by atoms with Gasteiger partial charge in [-0.05, 0) is 17.7 Å². The first-order chi connectivity index (χ1) is 7.74. The molecule has 0 aliphatic rings. The third-order valence-corrected chi connectivity index (χ3v) is 3.05. The Morgan fingerprint density at radius 2 is 2.00 bits per heavy atom. The van der Waals surface area contributed by atoms with E-state index in [1.807, 2.05) is 24.3 Å². The van der Waals surface area contributed by atoms with Crippen molar-refractivity contribution in [1.29, 1.82) is 0 Å². The van der Waals surface area contributed by atoms with Crippen LogP contribution in [-0.4, -0.2) is 4.98 Å². The zero-order chi connectivity index (χ0) is 11.4. The Kier molecular flexibility index (Phi) is 3.77. The summed E-state index contributed by atoms with van der Waals surface area (Å²) in [5, 5.41) is 1.31. The van der Waals surface area contributed by atoms with Crippen LogP contribution in [0.15, 0.2) is 30.5 Å². The van der Waals surface area contributed by atoms with Gasteiger partial charge < -0.3 is 10.5 Å². The van der Waals surface area contributed by atoms with Gasteiger partial charge in [0.1, 0.15) is 0 Å². The van der Waals surface area contributed by atoms with Crippen molar-refractivity contribution in [2.45, 2.75) is 13.2 Å². The van der Waals surface area contributed by atoms with E-state index in [0.717, 1.165) is 15.5 Å². The smallest absolute Gasteiger partial charge is 0.180 e. The topological polar surface area (TPSA) is 48.1 Å². The van der Waals surface area contributed by atoms with Gasteiger partial charge in [0.05, 0.1) is 18.1 Å². The van der Waals surface area contributed by atoms with Crippen LogP contribution in [0, 0.1) is 0 Å². The summed E-state index contributed by atoms with van der Waals surface area (Å²) in [5.41, 5.74) is 6.61. The normalized spacial score (nSPS) is 10.6. The predicted octanol–water partition coefficient (Wildman–Crippen LogP) is 3.10. The average molecular weight is 255 g/mol. The van der Waals surface area contributed by atoms with Gasteiger partial charge in [-0.2, -0.15) is 0 Å². The SMILES string of the molecule is Nc1ncc(COCc2ccc(Cl)cc2)s1. The van der Waals surface area contributed by atoms with E-state index in [9.17, 15) is 0 Å². The maximum absolute atomic E-state index is 5.78. The molecule has 0 aliphatic carbocycles. The van der Waals surface area contributed by atoms with Gasteiger partial charge in [0.2, 0.25) is 0 Å². The maximum atomic E-state index is 5.78. The molecule has 0 radical (unpaired) electrons. The van der Waals surface area contributed by atoms with Gasteiger partial charge >= 0.3 is 0 Å². The predicted molar refractivity (Wildman–Crippen MR) is 66.5 cm³/mol. The van der Waals surface area contributed by atoms with E-state index in [-0.39, 0.29) is 0 Å². The molecular weight excluding hydrogens is 244 g/mol. The van der Waals surface area contributed by atoms with Gasteiger partial charge in [0.15, 0.2) is 5.13 Å². The summed E-state index contributed by atoms with van der Waals surface area (Å²) in [6.07, 6.45) is 1.74. The van der Waals surface area contributed by atoms with Crippen LogP contribution < -0.4 is 5.73 Å². The molecule has 0 spiro atoms. The first-order valence-corrected chi connectivity index (χ1v) is 5.96. The minimum Gasteiger partial charge on any atom is -0.375 e. The van der Waals surface area contributed by atoms with Crippen molar-refractivity contribution in [3.05, 3.63) is 45.9 Å². The standard InChI is InChI=1S/C11H11ClN2OS/c12-9-3-1-8(2-4-9)6-15-7-10-5-14-11(13)16-10/h1-5H,6-7H2,(H2,13,14). The van der Waals surface area contributed by atoms with Crippen LogP contribution in [0.4, 0.5) is 5.13 Å². The number of rotatable bonds is 4. The van der Waals surface area contributed by atoms with E-state index < -0.39 is 0 Å². The number of ether oxygens (including phenoxy) is 1. The van der Waals surface area contributed by atoms with Crippen molar-refractivity contribution in [3.8, 4) is 0 Å². The Hall–Kier alpha value is -1.10. The number of hydrogen-bond donors (Lipinski definition) is 1. The van der Waals surface area contributed by atoms with Crippen LogP contribution >= 0.6 is 22.9 Å². The van der Waals surface area contributed by atoms with Crippen molar-refractivity contribution in [2.75, 3.05) is 5.73 Å². The molecule has 0 saturated heterocycles. The highest BCUT2D eigenvalue weighted by Crippen LogP contribution is 2.16. The second-order valence-electron chi connectivity index (χ2n) is 3.28. The zero-order valence-corrected chi connectivity index (χ0v) is 10.1.